The number of fused-ring (bicyclic) bond motifs is 1. The molecule has 2 aromatic rings. The Morgan fingerprint density at radius 2 is 1.93 bits per heavy atom. The number of nitrogens with one attached hydrogen (secondary N) is 1. The topological polar surface area (TPSA) is 72.5 Å². The van der Waals surface area contributed by atoms with E-state index in [1.54, 1.807) is 25.1 Å². The molecule has 152 valence electrons. The van der Waals surface area contributed by atoms with E-state index in [2.05, 4.69) is 25.5 Å². The summed E-state index contributed by atoms with van der Waals surface area (Å²) < 4.78 is 33.5. The Balaban J connectivity index is 2.01. The number of benzene rings is 1. The van der Waals surface area contributed by atoms with Gasteiger partial charge in [0.05, 0.1) is 17.1 Å². The number of esters is 1. The Bertz CT molecular complexity index is 956. The van der Waals surface area contributed by atoms with Crippen LogP contribution in [0, 0.1) is 11.3 Å². The zero-order valence-electron chi connectivity index (χ0n) is 16.7. The van der Waals surface area contributed by atoms with Crippen molar-refractivity contribution in [2.45, 2.75) is 51.9 Å². The van der Waals surface area contributed by atoms with Crippen LogP contribution in [0.2, 0.25) is 0 Å². The van der Waals surface area contributed by atoms with Crippen LogP contribution < -0.4 is 4.72 Å². The maximum Gasteiger partial charge on any atom is 0.341 e. The minimum atomic E-state index is -3.77. The number of thiophene rings is 1. The van der Waals surface area contributed by atoms with Gasteiger partial charge in [-0.25, -0.2) is 13.2 Å². The largest absolute Gasteiger partial charge is 0.462 e. The smallest absolute Gasteiger partial charge is 0.341 e. The molecule has 0 saturated heterocycles. The number of hydrogen-bond acceptors (Lipinski definition) is 5. The van der Waals surface area contributed by atoms with Gasteiger partial charge in [-0.2, -0.15) is 0 Å². The lowest BCUT2D eigenvalue weighted by Crippen LogP contribution is -2.26. The molecule has 1 N–H and O–H groups in total. The van der Waals surface area contributed by atoms with Crippen LogP contribution in [0.1, 0.15) is 54.9 Å². The fraction of sp³-hybridized carbons (Fsp3) is 0.476. The average Bonchev–Trinajstić information content (AvgIpc) is 2.98. The molecule has 0 saturated carbocycles. The molecule has 28 heavy (non-hydrogen) atoms. The Morgan fingerprint density at radius 3 is 2.54 bits per heavy atom. The monoisotopic (exact) mass is 421 g/mol. The molecular formula is C21H27NO4S2. The average molecular weight is 422 g/mol. The first-order valence-electron chi connectivity index (χ1n) is 9.53. The Labute approximate surface area is 171 Å². The van der Waals surface area contributed by atoms with E-state index in [1.165, 1.54) is 23.5 Å². The molecule has 1 aliphatic carbocycles. The third-order valence-electron chi connectivity index (χ3n) is 5.25. The molecule has 0 radical (unpaired) electrons. The molecular weight excluding hydrogens is 394 g/mol. The Morgan fingerprint density at radius 1 is 1.25 bits per heavy atom. The van der Waals surface area contributed by atoms with Gasteiger partial charge in [0.2, 0.25) is 0 Å². The van der Waals surface area contributed by atoms with E-state index in [0.717, 1.165) is 29.7 Å². The molecule has 0 unspecified atom stereocenters. The van der Waals surface area contributed by atoms with Crippen LogP contribution >= 0.6 is 11.3 Å². The molecule has 7 heteroatoms. The van der Waals surface area contributed by atoms with Crippen molar-refractivity contribution < 1.29 is 17.9 Å². The Kier molecular flexibility index (Phi) is 5.87. The van der Waals surface area contributed by atoms with Gasteiger partial charge in [-0.15, -0.1) is 11.3 Å². The SMILES string of the molecule is CCOC(=O)c1c(NS(=O)(=O)c2ccccc2)sc2c1CC[C@H](C(C)(C)C)C2. The fourth-order valence-corrected chi connectivity index (χ4v) is 6.24. The van der Waals surface area contributed by atoms with Crippen LogP contribution in [0.15, 0.2) is 35.2 Å². The molecule has 3 rings (SSSR count). The highest BCUT2D eigenvalue weighted by molar-refractivity contribution is 7.93. The lowest BCUT2D eigenvalue weighted by molar-refractivity contribution is 0.0526. The van der Waals surface area contributed by atoms with E-state index in [4.69, 9.17) is 4.74 Å². The minimum absolute atomic E-state index is 0.162. The summed E-state index contributed by atoms with van der Waals surface area (Å²) in [6, 6.07) is 8.19. The van der Waals surface area contributed by atoms with Gasteiger partial charge < -0.3 is 4.74 Å². The van der Waals surface area contributed by atoms with Crippen LogP contribution in [-0.4, -0.2) is 21.0 Å². The summed E-state index contributed by atoms with van der Waals surface area (Å²) >= 11 is 1.37. The molecule has 0 fully saturated rings. The molecule has 1 heterocycles. The first-order valence-corrected chi connectivity index (χ1v) is 11.8. The van der Waals surface area contributed by atoms with Crippen LogP contribution in [0.5, 0.6) is 0 Å². The quantitative estimate of drug-likeness (QED) is 0.699. The maximum atomic E-state index is 12.8. The third kappa shape index (κ3) is 4.25. The number of carbonyl (C=O) groups is 1. The lowest BCUT2D eigenvalue weighted by Gasteiger charge is -2.33. The van der Waals surface area contributed by atoms with Crippen LogP contribution in [0.4, 0.5) is 5.00 Å². The standard InChI is InChI=1S/C21H27NO4S2/c1-5-26-20(23)18-16-12-11-14(21(2,3)4)13-17(16)27-19(18)22-28(24,25)15-9-7-6-8-10-15/h6-10,14,22H,5,11-13H2,1-4H3/t14-/m0/s1. The number of ether oxygens (including phenoxy) is 1. The van der Waals surface area contributed by atoms with Crippen LogP contribution in [0.25, 0.3) is 0 Å². The van der Waals surface area contributed by atoms with Gasteiger partial charge in [0.25, 0.3) is 10.0 Å². The molecule has 5 nitrogen and oxygen atoms in total. The number of sulfonamides is 1. The molecule has 0 bridgehead atoms. The van der Waals surface area contributed by atoms with Crippen molar-refractivity contribution in [1.29, 1.82) is 0 Å². The van der Waals surface area contributed by atoms with Gasteiger partial charge in [-0.05, 0) is 55.2 Å². The number of rotatable bonds is 5. The number of carbonyl (C=O) groups excluding carboxylic acids is 1. The van der Waals surface area contributed by atoms with Gasteiger partial charge in [0, 0.05) is 4.88 Å². The molecule has 0 spiro atoms. The molecule has 1 aromatic carbocycles. The molecule has 1 aliphatic rings. The minimum Gasteiger partial charge on any atom is -0.462 e. The summed E-state index contributed by atoms with van der Waals surface area (Å²) in [6.07, 6.45) is 2.59. The first-order chi connectivity index (χ1) is 13.1. The van der Waals surface area contributed by atoms with Crippen molar-refractivity contribution in [3.05, 3.63) is 46.3 Å². The zero-order valence-corrected chi connectivity index (χ0v) is 18.4. The second-order valence-corrected chi connectivity index (χ2v) is 10.9. The summed E-state index contributed by atoms with van der Waals surface area (Å²) in [5.74, 6) is 0.0345. The van der Waals surface area contributed by atoms with E-state index in [-0.39, 0.29) is 16.9 Å². The predicted octanol–water partition coefficient (Wildman–Crippen LogP) is 4.88. The van der Waals surface area contributed by atoms with E-state index >= 15 is 0 Å². The van der Waals surface area contributed by atoms with Crippen LogP contribution in [-0.2, 0) is 27.6 Å². The van der Waals surface area contributed by atoms with E-state index < -0.39 is 16.0 Å². The fourth-order valence-electron chi connectivity index (χ4n) is 3.60. The van der Waals surface area contributed by atoms with Gasteiger partial charge in [0.15, 0.2) is 0 Å². The van der Waals surface area contributed by atoms with Crippen molar-refractivity contribution in [1.82, 2.24) is 0 Å². The van der Waals surface area contributed by atoms with Gasteiger partial charge in [-0.1, -0.05) is 39.0 Å². The summed E-state index contributed by atoms with van der Waals surface area (Å²) in [6.45, 7) is 8.67. The third-order valence-corrected chi connectivity index (χ3v) is 7.91. The van der Waals surface area contributed by atoms with Gasteiger partial charge in [-0.3, -0.25) is 4.72 Å². The van der Waals surface area contributed by atoms with E-state index in [9.17, 15) is 13.2 Å². The molecule has 1 atom stereocenters. The van der Waals surface area contributed by atoms with Gasteiger partial charge >= 0.3 is 5.97 Å². The molecule has 0 aliphatic heterocycles. The first kappa shape index (κ1) is 20.9. The summed E-state index contributed by atoms with van der Waals surface area (Å²) in [5, 5.41) is 0.363. The zero-order chi connectivity index (χ0) is 20.5. The predicted molar refractivity (Wildman–Crippen MR) is 112 cm³/mol. The second kappa shape index (κ2) is 7.87. The highest BCUT2D eigenvalue weighted by Gasteiger charge is 2.35. The van der Waals surface area contributed by atoms with E-state index in [0.29, 0.717) is 16.5 Å². The van der Waals surface area contributed by atoms with Crippen LogP contribution in [0.3, 0.4) is 0 Å². The number of anilines is 1. The summed E-state index contributed by atoms with van der Waals surface area (Å²) in [5.41, 5.74) is 1.48. The van der Waals surface area contributed by atoms with Gasteiger partial charge in [0.1, 0.15) is 5.00 Å². The lowest BCUT2D eigenvalue weighted by atomic mass is 9.72. The summed E-state index contributed by atoms with van der Waals surface area (Å²) in [4.78, 5) is 13.9. The van der Waals surface area contributed by atoms with Crippen molar-refractivity contribution in [2.75, 3.05) is 11.3 Å². The van der Waals surface area contributed by atoms with Crippen molar-refractivity contribution >= 4 is 32.3 Å². The summed E-state index contributed by atoms with van der Waals surface area (Å²) in [7, 11) is -3.77. The van der Waals surface area contributed by atoms with Crippen molar-refractivity contribution in [3.63, 3.8) is 0 Å². The van der Waals surface area contributed by atoms with E-state index in [1.807, 2.05) is 0 Å². The highest BCUT2D eigenvalue weighted by atomic mass is 32.2. The maximum absolute atomic E-state index is 12.8. The van der Waals surface area contributed by atoms with Crippen molar-refractivity contribution in [3.8, 4) is 0 Å². The van der Waals surface area contributed by atoms with Crippen molar-refractivity contribution in [2.24, 2.45) is 11.3 Å². The molecule has 0 amide bonds. The molecule has 1 aromatic heterocycles. The second-order valence-electron chi connectivity index (χ2n) is 8.15. The highest BCUT2D eigenvalue weighted by Crippen LogP contribution is 2.45. The normalized spacial score (nSPS) is 17.1. The Hall–Kier alpha value is -1.86. The number of hydrogen-bond donors (Lipinski definition) is 1.